The van der Waals surface area contributed by atoms with Crippen molar-refractivity contribution in [1.29, 1.82) is 0 Å². The summed E-state index contributed by atoms with van der Waals surface area (Å²) in [6.45, 7) is 2.34. The Morgan fingerprint density at radius 1 is 1.43 bits per heavy atom. The van der Waals surface area contributed by atoms with E-state index in [0.717, 1.165) is 12.0 Å². The van der Waals surface area contributed by atoms with Crippen molar-refractivity contribution < 1.29 is 0 Å². The Morgan fingerprint density at radius 3 is 3.07 bits per heavy atom. The van der Waals surface area contributed by atoms with Crippen LogP contribution in [0.15, 0.2) is 6.20 Å². The van der Waals surface area contributed by atoms with Crippen LogP contribution >= 0.6 is 0 Å². The highest BCUT2D eigenvalue weighted by atomic mass is 15.1. The molecule has 3 nitrogen and oxygen atoms in total. The van der Waals surface area contributed by atoms with E-state index in [1.54, 1.807) is 0 Å². The smallest absolute Gasteiger partial charge is 0.0556 e. The van der Waals surface area contributed by atoms with E-state index in [0.29, 0.717) is 6.04 Å². The van der Waals surface area contributed by atoms with Crippen molar-refractivity contribution in [1.82, 2.24) is 15.5 Å². The van der Waals surface area contributed by atoms with Gasteiger partial charge < -0.3 is 5.32 Å². The Labute approximate surface area is 84.3 Å². The molecule has 2 atom stereocenters. The predicted molar refractivity (Wildman–Crippen MR) is 55.0 cm³/mol. The highest BCUT2D eigenvalue weighted by Crippen LogP contribution is 2.35. The minimum Gasteiger partial charge on any atom is -0.306 e. The highest BCUT2D eigenvalue weighted by Gasteiger charge is 2.32. The Balaban J connectivity index is 1.86. The maximum absolute atomic E-state index is 4.15. The topological polar surface area (TPSA) is 40.7 Å². The average Bonchev–Trinajstić information content (AvgIpc) is 2.86. The number of hydrogen-bond acceptors (Lipinski definition) is 2. The first-order valence-electron chi connectivity index (χ1n) is 5.63. The molecule has 0 bridgehead atoms. The lowest BCUT2D eigenvalue weighted by atomic mass is 9.85. The van der Waals surface area contributed by atoms with E-state index in [-0.39, 0.29) is 0 Å². The number of H-pyrrole nitrogens is 1. The molecule has 2 aliphatic carbocycles. The van der Waals surface area contributed by atoms with Crippen molar-refractivity contribution in [2.45, 2.75) is 44.7 Å². The highest BCUT2D eigenvalue weighted by molar-refractivity contribution is 5.24. The van der Waals surface area contributed by atoms with Crippen LogP contribution in [0.2, 0.25) is 0 Å². The minimum atomic E-state index is 0.522. The largest absolute Gasteiger partial charge is 0.306 e. The number of nitrogens with one attached hydrogen (secondary N) is 2. The van der Waals surface area contributed by atoms with E-state index in [1.165, 1.54) is 36.9 Å². The third-order valence-electron chi connectivity index (χ3n) is 3.49. The maximum atomic E-state index is 4.15. The molecule has 3 rings (SSSR count). The zero-order valence-corrected chi connectivity index (χ0v) is 8.59. The van der Waals surface area contributed by atoms with E-state index >= 15 is 0 Å². The minimum absolute atomic E-state index is 0.522. The van der Waals surface area contributed by atoms with Crippen molar-refractivity contribution in [3.05, 3.63) is 17.5 Å². The fourth-order valence-corrected chi connectivity index (χ4v) is 2.38. The number of rotatable bonds is 2. The van der Waals surface area contributed by atoms with E-state index in [1.807, 2.05) is 6.20 Å². The molecule has 14 heavy (non-hydrogen) atoms. The van der Waals surface area contributed by atoms with Gasteiger partial charge in [-0.1, -0.05) is 6.92 Å². The lowest BCUT2D eigenvalue weighted by Gasteiger charge is -2.29. The molecule has 0 aliphatic heterocycles. The van der Waals surface area contributed by atoms with Crippen LogP contribution in [0.4, 0.5) is 0 Å². The molecule has 1 saturated carbocycles. The molecule has 2 N–H and O–H groups in total. The molecular formula is C11H17N3. The summed E-state index contributed by atoms with van der Waals surface area (Å²) < 4.78 is 0. The maximum Gasteiger partial charge on any atom is 0.0556 e. The van der Waals surface area contributed by atoms with Crippen LogP contribution in [0.3, 0.4) is 0 Å². The second-order valence-corrected chi connectivity index (χ2v) is 4.74. The van der Waals surface area contributed by atoms with Gasteiger partial charge in [-0.05, 0) is 37.2 Å². The Hall–Kier alpha value is -0.830. The Morgan fingerprint density at radius 2 is 2.29 bits per heavy atom. The zero-order valence-electron chi connectivity index (χ0n) is 8.59. The SMILES string of the molecule is CC1CCc2cn[nH]c2C1NC1CC1. The van der Waals surface area contributed by atoms with Crippen LogP contribution in [-0.2, 0) is 6.42 Å². The fourth-order valence-electron chi connectivity index (χ4n) is 2.38. The summed E-state index contributed by atoms with van der Waals surface area (Å²) >= 11 is 0. The zero-order chi connectivity index (χ0) is 9.54. The first-order chi connectivity index (χ1) is 6.84. The molecule has 2 unspecified atom stereocenters. The number of fused-ring (bicyclic) bond motifs is 1. The van der Waals surface area contributed by atoms with Crippen molar-refractivity contribution in [2.24, 2.45) is 5.92 Å². The van der Waals surface area contributed by atoms with Crippen molar-refractivity contribution in [3.8, 4) is 0 Å². The second-order valence-electron chi connectivity index (χ2n) is 4.74. The fraction of sp³-hybridized carbons (Fsp3) is 0.727. The molecule has 1 aromatic heterocycles. The second kappa shape index (κ2) is 3.09. The van der Waals surface area contributed by atoms with Gasteiger partial charge in [0.15, 0.2) is 0 Å². The van der Waals surface area contributed by atoms with Gasteiger partial charge in [-0.3, -0.25) is 5.10 Å². The van der Waals surface area contributed by atoms with Crippen LogP contribution in [0, 0.1) is 5.92 Å². The Bertz CT molecular complexity index is 327. The standard InChI is InChI=1S/C11H17N3/c1-7-2-3-8-6-12-14-11(8)10(7)13-9-4-5-9/h6-7,9-10,13H,2-5H2,1H3,(H,12,14). The third-order valence-corrected chi connectivity index (χ3v) is 3.49. The van der Waals surface area contributed by atoms with E-state index in [9.17, 15) is 0 Å². The molecule has 1 heterocycles. The third kappa shape index (κ3) is 1.36. The van der Waals surface area contributed by atoms with Crippen LogP contribution in [0.1, 0.15) is 43.5 Å². The monoisotopic (exact) mass is 191 g/mol. The van der Waals surface area contributed by atoms with Gasteiger partial charge in [-0.2, -0.15) is 5.10 Å². The summed E-state index contributed by atoms with van der Waals surface area (Å²) in [6, 6.07) is 1.30. The predicted octanol–water partition coefficient (Wildman–Crippen LogP) is 1.79. The van der Waals surface area contributed by atoms with Crippen LogP contribution < -0.4 is 5.32 Å². The van der Waals surface area contributed by atoms with Gasteiger partial charge in [-0.15, -0.1) is 0 Å². The molecule has 0 saturated heterocycles. The van der Waals surface area contributed by atoms with Crippen molar-refractivity contribution >= 4 is 0 Å². The lowest BCUT2D eigenvalue weighted by molar-refractivity contribution is 0.336. The molecule has 0 amide bonds. The average molecular weight is 191 g/mol. The molecule has 0 aromatic carbocycles. The molecular weight excluding hydrogens is 174 g/mol. The molecule has 0 spiro atoms. The molecule has 1 fully saturated rings. The van der Waals surface area contributed by atoms with Gasteiger partial charge in [0.25, 0.3) is 0 Å². The van der Waals surface area contributed by atoms with Gasteiger partial charge in [0.2, 0.25) is 0 Å². The Kier molecular flexibility index (Phi) is 1.87. The summed E-state index contributed by atoms with van der Waals surface area (Å²) in [5.41, 5.74) is 2.76. The number of nitrogens with zero attached hydrogens (tertiary/aromatic N) is 1. The van der Waals surface area contributed by atoms with Gasteiger partial charge in [0, 0.05) is 6.04 Å². The van der Waals surface area contributed by atoms with Crippen LogP contribution in [0.5, 0.6) is 0 Å². The molecule has 0 radical (unpaired) electrons. The van der Waals surface area contributed by atoms with E-state index in [4.69, 9.17) is 0 Å². The summed E-state index contributed by atoms with van der Waals surface area (Å²) in [5, 5.41) is 11.0. The molecule has 3 heteroatoms. The number of aryl methyl sites for hydroxylation is 1. The first-order valence-corrected chi connectivity index (χ1v) is 5.63. The molecule has 2 aliphatic rings. The van der Waals surface area contributed by atoms with Gasteiger partial charge in [0.05, 0.1) is 17.9 Å². The molecule has 1 aromatic rings. The van der Waals surface area contributed by atoms with Gasteiger partial charge in [0.1, 0.15) is 0 Å². The normalized spacial score (nSPS) is 31.5. The number of aromatic nitrogens is 2. The summed E-state index contributed by atoms with van der Waals surface area (Å²) in [4.78, 5) is 0. The van der Waals surface area contributed by atoms with Gasteiger partial charge >= 0.3 is 0 Å². The van der Waals surface area contributed by atoms with Crippen LogP contribution in [0.25, 0.3) is 0 Å². The lowest BCUT2D eigenvalue weighted by Crippen LogP contribution is -2.32. The van der Waals surface area contributed by atoms with Crippen molar-refractivity contribution in [2.75, 3.05) is 0 Å². The first kappa shape index (κ1) is 8.48. The van der Waals surface area contributed by atoms with Gasteiger partial charge in [-0.25, -0.2) is 0 Å². The quantitative estimate of drug-likeness (QED) is 0.748. The summed E-state index contributed by atoms with van der Waals surface area (Å²) in [5.74, 6) is 0.739. The van der Waals surface area contributed by atoms with Crippen LogP contribution in [-0.4, -0.2) is 16.2 Å². The van der Waals surface area contributed by atoms with E-state index < -0.39 is 0 Å². The number of hydrogen-bond donors (Lipinski definition) is 2. The number of aromatic amines is 1. The summed E-state index contributed by atoms with van der Waals surface area (Å²) in [7, 11) is 0. The summed E-state index contributed by atoms with van der Waals surface area (Å²) in [6.07, 6.45) is 7.18. The van der Waals surface area contributed by atoms with Crippen molar-refractivity contribution in [3.63, 3.8) is 0 Å². The van der Waals surface area contributed by atoms with E-state index in [2.05, 4.69) is 22.4 Å². The molecule has 76 valence electrons.